The Kier molecular flexibility index (Phi) is 3.20. The van der Waals surface area contributed by atoms with Gasteiger partial charge in [0.15, 0.2) is 0 Å². The minimum atomic E-state index is 0.507. The molecule has 0 aromatic heterocycles. The van der Waals surface area contributed by atoms with E-state index in [0.717, 1.165) is 24.0 Å². The molecule has 0 spiro atoms. The Hall–Kier alpha value is -0.980. The Morgan fingerprint density at radius 1 is 0.786 bits per heavy atom. The summed E-state index contributed by atoms with van der Waals surface area (Å²) in [6.07, 6.45) is 1.90. The van der Waals surface area contributed by atoms with Crippen molar-refractivity contribution in [1.29, 1.82) is 0 Å². The predicted molar refractivity (Wildman–Crippen MR) is 61.1 cm³/mol. The van der Waals surface area contributed by atoms with Crippen LogP contribution >= 0.6 is 0 Å². The van der Waals surface area contributed by atoms with Gasteiger partial charge in [0, 0.05) is 0 Å². The van der Waals surface area contributed by atoms with E-state index in [1.54, 1.807) is 0 Å². The molecule has 1 heteroatoms. The van der Waals surface area contributed by atoms with E-state index in [2.05, 4.69) is 27.7 Å². The van der Waals surface area contributed by atoms with E-state index in [9.17, 15) is 5.11 Å². The molecule has 1 nitrogen and oxygen atoms in total. The fourth-order valence-electron chi connectivity index (χ4n) is 2.24. The molecule has 1 aromatic rings. The summed E-state index contributed by atoms with van der Waals surface area (Å²) < 4.78 is 0. The van der Waals surface area contributed by atoms with Gasteiger partial charge in [0.1, 0.15) is 5.75 Å². The lowest BCUT2D eigenvalue weighted by Gasteiger charge is -2.17. The van der Waals surface area contributed by atoms with Crippen LogP contribution in [0.1, 0.15) is 41.7 Å². The maximum atomic E-state index is 10.0. The van der Waals surface area contributed by atoms with Crippen LogP contribution in [0, 0.1) is 20.8 Å². The minimum absolute atomic E-state index is 0.507. The molecule has 1 N–H and O–H groups in total. The first kappa shape index (κ1) is 11.1. The summed E-state index contributed by atoms with van der Waals surface area (Å²) in [7, 11) is 0. The highest BCUT2D eigenvalue weighted by atomic mass is 16.3. The molecule has 14 heavy (non-hydrogen) atoms. The molecule has 1 aromatic carbocycles. The van der Waals surface area contributed by atoms with E-state index in [4.69, 9.17) is 0 Å². The van der Waals surface area contributed by atoms with Crippen molar-refractivity contribution >= 4 is 0 Å². The van der Waals surface area contributed by atoms with Gasteiger partial charge >= 0.3 is 0 Å². The molecule has 0 aliphatic heterocycles. The van der Waals surface area contributed by atoms with Gasteiger partial charge < -0.3 is 5.11 Å². The lowest BCUT2D eigenvalue weighted by atomic mass is 9.90. The van der Waals surface area contributed by atoms with Gasteiger partial charge in [-0.3, -0.25) is 0 Å². The Labute approximate surface area is 86.8 Å². The van der Waals surface area contributed by atoms with Crippen LogP contribution in [0.3, 0.4) is 0 Å². The predicted octanol–water partition coefficient (Wildman–Crippen LogP) is 3.44. The number of hydrogen-bond acceptors (Lipinski definition) is 1. The monoisotopic (exact) mass is 192 g/mol. The van der Waals surface area contributed by atoms with Crippen LogP contribution in [-0.4, -0.2) is 5.11 Å². The van der Waals surface area contributed by atoms with Crippen molar-refractivity contribution in [2.45, 2.75) is 47.5 Å². The second-order valence-electron chi connectivity index (χ2n) is 3.89. The molecule has 0 bridgehead atoms. The van der Waals surface area contributed by atoms with Crippen molar-refractivity contribution < 1.29 is 5.11 Å². The van der Waals surface area contributed by atoms with Crippen LogP contribution in [0.25, 0.3) is 0 Å². The van der Waals surface area contributed by atoms with E-state index < -0.39 is 0 Å². The first-order valence-electron chi connectivity index (χ1n) is 5.34. The van der Waals surface area contributed by atoms with Gasteiger partial charge in [-0.25, -0.2) is 0 Å². The average molecular weight is 192 g/mol. The van der Waals surface area contributed by atoms with Crippen molar-refractivity contribution in [3.63, 3.8) is 0 Å². The number of phenols is 1. The summed E-state index contributed by atoms with van der Waals surface area (Å²) in [5, 5.41) is 10.0. The summed E-state index contributed by atoms with van der Waals surface area (Å²) in [5.74, 6) is 0.507. The number of phenolic OH excluding ortho intramolecular Hbond substituents is 1. The molecule has 0 aliphatic rings. The highest BCUT2D eigenvalue weighted by molar-refractivity contribution is 5.53. The summed E-state index contributed by atoms with van der Waals surface area (Å²) in [5.41, 5.74) is 6.08. The molecule has 0 atom stereocenters. The summed E-state index contributed by atoms with van der Waals surface area (Å²) in [6.45, 7) is 10.5. The van der Waals surface area contributed by atoms with Gasteiger partial charge in [0.05, 0.1) is 0 Å². The van der Waals surface area contributed by atoms with Crippen molar-refractivity contribution in [2.75, 3.05) is 0 Å². The maximum Gasteiger partial charge on any atom is 0.122 e. The molecule has 0 unspecified atom stereocenters. The van der Waals surface area contributed by atoms with E-state index in [1.807, 2.05) is 6.92 Å². The fraction of sp³-hybridized carbons (Fsp3) is 0.538. The Bertz CT molecular complexity index is 287. The number of hydrogen-bond donors (Lipinski definition) is 1. The second kappa shape index (κ2) is 4.04. The smallest absolute Gasteiger partial charge is 0.122 e. The molecular weight excluding hydrogens is 172 g/mol. The fourth-order valence-corrected chi connectivity index (χ4v) is 2.24. The molecule has 0 amide bonds. The third-order valence-electron chi connectivity index (χ3n) is 3.27. The topological polar surface area (TPSA) is 20.2 Å². The van der Waals surface area contributed by atoms with Crippen molar-refractivity contribution in [3.05, 3.63) is 27.8 Å². The van der Waals surface area contributed by atoms with E-state index in [-0.39, 0.29) is 0 Å². The first-order chi connectivity index (χ1) is 6.54. The standard InChI is InChI=1S/C13H20O/c1-6-11-8(3)9(4)12(7-2)13(14)10(11)5/h14H,6-7H2,1-5H3. The highest BCUT2D eigenvalue weighted by Gasteiger charge is 2.13. The number of rotatable bonds is 2. The average Bonchev–Trinajstić information content (AvgIpc) is 2.17. The molecule has 0 radical (unpaired) electrons. The van der Waals surface area contributed by atoms with Gasteiger partial charge in [0.25, 0.3) is 0 Å². The third-order valence-corrected chi connectivity index (χ3v) is 3.27. The quantitative estimate of drug-likeness (QED) is 0.761. The van der Waals surface area contributed by atoms with Crippen molar-refractivity contribution in [3.8, 4) is 5.75 Å². The molecule has 0 saturated heterocycles. The SMILES string of the molecule is CCc1c(C)c(C)c(CC)c(O)c1C. The molecule has 0 fully saturated rings. The normalized spacial score (nSPS) is 10.6. The van der Waals surface area contributed by atoms with Crippen LogP contribution in [0.4, 0.5) is 0 Å². The highest BCUT2D eigenvalue weighted by Crippen LogP contribution is 2.32. The van der Waals surface area contributed by atoms with Gasteiger partial charge in [-0.2, -0.15) is 0 Å². The molecular formula is C13H20O. The van der Waals surface area contributed by atoms with Gasteiger partial charge in [-0.05, 0) is 61.4 Å². The van der Waals surface area contributed by atoms with Gasteiger partial charge in [-0.1, -0.05) is 13.8 Å². The van der Waals surface area contributed by atoms with Gasteiger partial charge in [-0.15, -0.1) is 0 Å². The summed E-state index contributed by atoms with van der Waals surface area (Å²) in [4.78, 5) is 0. The zero-order valence-electron chi connectivity index (χ0n) is 9.86. The summed E-state index contributed by atoms with van der Waals surface area (Å²) >= 11 is 0. The van der Waals surface area contributed by atoms with Crippen LogP contribution in [-0.2, 0) is 12.8 Å². The molecule has 0 saturated carbocycles. The third kappa shape index (κ3) is 1.52. The zero-order valence-corrected chi connectivity index (χ0v) is 9.86. The maximum absolute atomic E-state index is 10.0. The second-order valence-corrected chi connectivity index (χ2v) is 3.89. The van der Waals surface area contributed by atoms with Crippen LogP contribution < -0.4 is 0 Å². The lowest BCUT2D eigenvalue weighted by molar-refractivity contribution is 0.462. The van der Waals surface area contributed by atoms with E-state index in [0.29, 0.717) is 5.75 Å². The van der Waals surface area contributed by atoms with Crippen molar-refractivity contribution in [2.24, 2.45) is 0 Å². The largest absolute Gasteiger partial charge is 0.507 e. The van der Waals surface area contributed by atoms with E-state index in [1.165, 1.54) is 16.7 Å². The molecule has 78 valence electrons. The number of benzene rings is 1. The van der Waals surface area contributed by atoms with Crippen molar-refractivity contribution in [1.82, 2.24) is 0 Å². The van der Waals surface area contributed by atoms with E-state index >= 15 is 0 Å². The minimum Gasteiger partial charge on any atom is -0.507 e. The van der Waals surface area contributed by atoms with Crippen LogP contribution in [0.5, 0.6) is 5.75 Å². The Morgan fingerprint density at radius 3 is 1.64 bits per heavy atom. The number of aromatic hydroxyl groups is 1. The molecule has 0 aliphatic carbocycles. The van der Waals surface area contributed by atoms with Crippen LogP contribution in [0.2, 0.25) is 0 Å². The van der Waals surface area contributed by atoms with Gasteiger partial charge in [0.2, 0.25) is 0 Å². The lowest BCUT2D eigenvalue weighted by Crippen LogP contribution is -2.00. The Balaban J connectivity index is 3.55. The first-order valence-corrected chi connectivity index (χ1v) is 5.34. The molecule has 1 rings (SSSR count). The van der Waals surface area contributed by atoms with Crippen LogP contribution in [0.15, 0.2) is 0 Å². The molecule has 0 heterocycles. The Morgan fingerprint density at radius 2 is 1.21 bits per heavy atom. The zero-order chi connectivity index (χ0) is 10.9. The summed E-state index contributed by atoms with van der Waals surface area (Å²) in [6, 6.07) is 0.